The molecule has 2 rings (SSSR count). The molecule has 0 atom stereocenters. The minimum Gasteiger partial charge on any atom is -0.282 e. The second-order valence-electron chi connectivity index (χ2n) is 3.98. The molecule has 0 spiro atoms. The molecule has 1 aromatic rings. The van der Waals surface area contributed by atoms with Crippen molar-refractivity contribution in [1.82, 2.24) is 0 Å². The van der Waals surface area contributed by atoms with Gasteiger partial charge in [0.05, 0.1) is 5.69 Å². The van der Waals surface area contributed by atoms with Crippen LogP contribution in [0.15, 0.2) is 18.2 Å². The molecule has 1 aliphatic carbocycles. The summed E-state index contributed by atoms with van der Waals surface area (Å²) in [6, 6.07) is 5.75. The monoisotopic (exact) mass is 259 g/mol. The van der Waals surface area contributed by atoms with Gasteiger partial charge >= 0.3 is 0 Å². The maximum atomic E-state index is 11.4. The normalized spacial score (nSPS) is 15.6. The van der Waals surface area contributed by atoms with Crippen molar-refractivity contribution in [3.8, 4) is 0 Å². The van der Waals surface area contributed by atoms with E-state index >= 15 is 0 Å². The maximum Gasteiger partial charge on any atom is 0.246 e. The van der Waals surface area contributed by atoms with E-state index in [0.29, 0.717) is 5.69 Å². The highest BCUT2D eigenvalue weighted by atomic mass is 35.5. The molecule has 1 aromatic carbocycles. The molecule has 5 heteroatoms. The Balaban J connectivity index is 2.35. The van der Waals surface area contributed by atoms with Crippen LogP contribution in [0.2, 0.25) is 0 Å². The molecule has 1 N–H and O–H groups in total. The average Bonchev–Trinajstić information content (AvgIpc) is 2.29. The number of aryl methyl sites for hydroxylation is 1. The van der Waals surface area contributed by atoms with Crippen molar-refractivity contribution in [2.45, 2.75) is 25.7 Å². The Kier molecular flexibility index (Phi) is 3.40. The van der Waals surface area contributed by atoms with Gasteiger partial charge in [-0.25, -0.2) is 8.42 Å². The summed E-state index contributed by atoms with van der Waals surface area (Å²) in [4.78, 5) is 0. The SMILES string of the molecule is O=S(=O)(CCl)Nc1cccc2c1CCCC2. The largest absolute Gasteiger partial charge is 0.282 e. The first-order valence-corrected chi connectivity index (χ1v) is 7.48. The fourth-order valence-electron chi connectivity index (χ4n) is 2.07. The van der Waals surface area contributed by atoms with Crippen LogP contribution in [0.4, 0.5) is 5.69 Å². The van der Waals surface area contributed by atoms with Crippen LogP contribution in [0.3, 0.4) is 0 Å². The van der Waals surface area contributed by atoms with Crippen LogP contribution in [0.5, 0.6) is 0 Å². The molecule has 3 nitrogen and oxygen atoms in total. The number of hydrogen-bond acceptors (Lipinski definition) is 2. The Hall–Kier alpha value is -0.740. The first-order chi connectivity index (χ1) is 7.62. The second-order valence-corrected chi connectivity index (χ2v) is 6.28. The average molecular weight is 260 g/mol. The van der Waals surface area contributed by atoms with Crippen LogP contribution >= 0.6 is 11.6 Å². The summed E-state index contributed by atoms with van der Waals surface area (Å²) in [7, 11) is -3.39. The Morgan fingerprint density at radius 3 is 2.75 bits per heavy atom. The molecule has 0 aromatic heterocycles. The molecule has 0 fully saturated rings. The first-order valence-electron chi connectivity index (χ1n) is 5.29. The van der Waals surface area contributed by atoms with Crippen molar-refractivity contribution in [3.05, 3.63) is 29.3 Å². The van der Waals surface area contributed by atoms with Crippen molar-refractivity contribution in [3.63, 3.8) is 0 Å². The Bertz CT molecular complexity index is 485. The third-order valence-electron chi connectivity index (χ3n) is 2.81. The van der Waals surface area contributed by atoms with Crippen LogP contribution in [0.1, 0.15) is 24.0 Å². The van der Waals surface area contributed by atoms with E-state index in [1.54, 1.807) is 6.07 Å². The summed E-state index contributed by atoms with van der Waals surface area (Å²) in [5.41, 5.74) is 3.07. The van der Waals surface area contributed by atoms with Gasteiger partial charge in [-0.05, 0) is 42.9 Å². The zero-order valence-corrected chi connectivity index (χ0v) is 10.4. The fourth-order valence-corrected chi connectivity index (χ4v) is 2.82. The Morgan fingerprint density at radius 1 is 1.25 bits per heavy atom. The standard InChI is InChI=1S/C11H14ClNO2S/c12-8-16(14,15)13-11-7-3-5-9-4-1-2-6-10(9)11/h3,5,7,13H,1-2,4,6,8H2. The number of fused-ring (bicyclic) bond motifs is 1. The van der Waals surface area contributed by atoms with Crippen LogP contribution < -0.4 is 4.72 Å². The van der Waals surface area contributed by atoms with Gasteiger partial charge in [-0.2, -0.15) is 0 Å². The lowest BCUT2D eigenvalue weighted by Gasteiger charge is -2.19. The van der Waals surface area contributed by atoms with E-state index in [1.165, 1.54) is 12.0 Å². The number of anilines is 1. The van der Waals surface area contributed by atoms with Gasteiger partial charge in [0.25, 0.3) is 0 Å². The summed E-state index contributed by atoms with van der Waals surface area (Å²) in [5.74, 6) is 0. The zero-order valence-electron chi connectivity index (χ0n) is 8.87. The Labute approximate surface area is 101 Å². The highest BCUT2D eigenvalue weighted by Crippen LogP contribution is 2.28. The van der Waals surface area contributed by atoms with E-state index in [-0.39, 0.29) is 0 Å². The summed E-state index contributed by atoms with van der Waals surface area (Å²) < 4.78 is 25.4. The number of rotatable bonds is 3. The van der Waals surface area contributed by atoms with Crippen LogP contribution in [0, 0.1) is 0 Å². The van der Waals surface area contributed by atoms with E-state index in [9.17, 15) is 8.42 Å². The van der Waals surface area contributed by atoms with Crippen molar-refractivity contribution in [1.29, 1.82) is 0 Å². The van der Waals surface area contributed by atoms with Crippen molar-refractivity contribution >= 4 is 27.3 Å². The molecule has 0 saturated heterocycles. The molecule has 16 heavy (non-hydrogen) atoms. The highest BCUT2D eigenvalue weighted by Gasteiger charge is 2.16. The molecule has 0 bridgehead atoms. The molecule has 1 aliphatic rings. The van der Waals surface area contributed by atoms with Gasteiger partial charge in [0, 0.05) is 0 Å². The number of nitrogens with one attached hydrogen (secondary N) is 1. The van der Waals surface area contributed by atoms with Crippen molar-refractivity contribution in [2.24, 2.45) is 0 Å². The van der Waals surface area contributed by atoms with Crippen LogP contribution in [0.25, 0.3) is 0 Å². The topological polar surface area (TPSA) is 46.2 Å². The molecule has 0 aliphatic heterocycles. The molecule has 0 amide bonds. The molecule has 0 unspecified atom stereocenters. The predicted molar refractivity (Wildman–Crippen MR) is 66.3 cm³/mol. The summed E-state index contributed by atoms with van der Waals surface area (Å²) in [5, 5.41) is -0.406. The van der Waals surface area contributed by atoms with Gasteiger partial charge in [-0.15, -0.1) is 11.6 Å². The lowest BCUT2D eigenvalue weighted by atomic mass is 9.91. The number of hydrogen-bond donors (Lipinski definition) is 1. The molecular weight excluding hydrogens is 246 g/mol. The van der Waals surface area contributed by atoms with E-state index in [1.807, 2.05) is 6.07 Å². The van der Waals surface area contributed by atoms with Crippen LogP contribution in [-0.2, 0) is 22.9 Å². The van der Waals surface area contributed by atoms with E-state index in [4.69, 9.17) is 11.6 Å². The van der Waals surface area contributed by atoms with E-state index in [2.05, 4.69) is 10.8 Å². The smallest absolute Gasteiger partial charge is 0.246 e. The minimum absolute atomic E-state index is 0.406. The second kappa shape index (κ2) is 4.63. The van der Waals surface area contributed by atoms with Gasteiger partial charge in [-0.1, -0.05) is 12.1 Å². The third kappa shape index (κ3) is 2.50. The number of halogens is 1. The number of alkyl halides is 1. The Morgan fingerprint density at radius 2 is 2.00 bits per heavy atom. The van der Waals surface area contributed by atoms with E-state index in [0.717, 1.165) is 24.8 Å². The quantitative estimate of drug-likeness (QED) is 0.848. The molecule has 0 radical (unpaired) electrons. The zero-order chi connectivity index (χ0) is 11.6. The van der Waals surface area contributed by atoms with Crippen molar-refractivity contribution in [2.75, 3.05) is 9.93 Å². The van der Waals surface area contributed by atoms with Crippen LogP contribution in [-0.4, -0.2) is 13.6 Å². The van der Waals surface area contributed by atoms with Crippen molar-refractivity contribution < 1.29 is 8.42 Å². The van der Waals surface area contributed by atoms with E-state index < -0.39 is 15.2 Å². The highest BCUT2D eigenvalue weighted by molar-refractivity contribution is 7.93. The van der Waals surface area contributed by atoms with Gasteiger partial charge in [0.2, 0.25) is 10.0 Å². The van der Waals surface area contributed by atoms with Gasteiger partial charge in [0.15, 0.2) is 0 Å². The molecular formula is C11H14ClNO2S. The predicted octanol–water partition coefficient (Wildman–Crippen LogP) is 2.50. The minimum atomic E-state index is -3.39. The van der Waals surface area contributed by atoms with Gasteiger partial charge in [-0.3, -0.25) is 4.72 Å². The molecule has 88 valence electrons. The summed E-state index contributed by atoms with van der Waals surface area (Å²) in [6.45, 7) is 0. The number of sulfonamides is 1. The molecule has 0 saturated carbocycles. The lowest BCUT2D eigenvalue weighted by Crippen LogP contribution is -2.16. The number of benzene rings is 1. The molecule has 0 heterocycles. The van der Waals surface area contributed by atoms with Gasteiger partial charge in [0.1, 0.15) is 5.21 Å². The maximum absolute atomic E-state index is 11.4. The first kappa shape index (κ1) is 11.7. The third-order valence-corrected chi connectivity index (χ3v) is 4.49. The fraction of sp³-hybridized carbons (Fsp3) is 0.455. The van der Waals surface area contributed by atoms with Gasteiger partial charge < -0.3 is 0 Å². The summed E-state index contributed by atoms with van der Waals surface area (Å²) >= 11 is 5.38. The lowest BCUT2D eigenvalue weighted by molar-refractivity contribution is 0.605. The summed E-state index contributed by atoms with van der Waals surface area (Å²) in [6.07, 6.45) is 4.27.